The molecule has 13 heteroatoms. The normalized spacial score (nSPS) is 23.2. The first-order chi connectivity index (χ1) is 17.8. The van der Waals surface area contributed by atoms with Crippen LogP contribution in [0.15, 0.2) is 5.11 Å². The van der Waals surface area contributed by atoms with Crippen LogP contribution in [0.2, 0.25) is 0 Å². The lowest BCUT2D eigenvalue weighted by atomic mass is 9.79. The van der Waals surface area contributed by atoms with Gasteiger partial charge in [-0.15, -0.1) is 0 Å². The van der Waals surface area contributed by atoms with Crippen LogP contribution >= 0.6 is 0 Å². The molecule has 0 aromatic heterocycles. The predicted octanol–water partition coefficient (Wildman–Crippen LogP) is 2.25. The van der Waals surface area contributed by atoms with Crippen molar-refractivity contribution in [2.75, 3.05) is 66.0 Å². The Hall–Kier alpha value is -2.28. The molecular formula is C24H41N3O10. The van der Waals surface area contributed by atoms with Gasteiger partial charge in [-0.2, -0.15) is 0 Å². The fourth-order valence-corrected chi connectivity index (χ4v) is 3.77. The molecule has 0 aromatic rings. The number of azide groups is 1. The second kappa shape index (κ2) is 19.8. The molecule has 1 aliphatic heterocycles. The minimum atomic E-state index is -0.633. The van der Waals surface area contributed by atoms with Crippen molar-refractivity contribution in [2.45, 2.75) is 58.8 Å². The summed E-state index contributed by atoms with van der Waals surface area (Å²) in [6.45, 7) is 9.83. The zero-order valence-electron chi connectivity index (χ0n) is 22.3. The average molecular weight is 532 g/mol. The van der Waals surface area contributed by atoms with Crippen molar-refractivity contribution in [3.63, 3.8) is 0 Å². The van der Waals surface area contributed by atoms with Crippen molar-refractivity contribution >= 4 is 17.7 Å². The maximum Gasteiger partial charge on any atom is 0.303 e. The maximum atomic E-state index is 12.5. The van der Waals surface area contributed by atoms with Gasteiger partial charge >= 0.3 is 11.9 Å². The van der Waals surface area contributed by atoms with Crippen molar-refractivity contribution in [3.8, 4) is 0 Å². The molecule has 13 nitrogen and oxygen atoms in total. The lowest BCUT2D eigenvalue weighted by Crippen LogP contribution is -2.53. The largest absolute Gasteiger partial charge is 0.463 e. The molecule has 0 N–H and O–H groups in total. The monoisotopic (exact) mass is 531 g/mol. The number of carbonyl (C=O) groups is 3. The summed E-state index contributed by atoms with van der Waals surface area (Å²) in [6, 6.07) is 0. The Bertz CT molecular complexity index is 732. The third-order valence-corrected chi connectivity index (χ3v) is 5.87. The molecule has 5 unspecified atom stereocenters. The third kappa shape index (κ3) is 14.9. The van der Waals surface area contributed by atoms with E-state index in [0.29, 0.717) is 52.8 Å². The molecule has 0 amide bonds. The SMILES string of the molecule is CC(=O)OCC1OC(CC(=O)CCOCCOCCOCCOCCN=[N+]=[N-])C(C)C(C)C1OC(C)=O. The number of carbonyl (C=O) groups excluding carboxylic acids is 3. The van der Waals surface area contributed by atoms with Crippen LogP contribution in [0.4, 0.5) is 0 Å². The summed E-state index contributed by atoms with van der Waals surface area (Å²) in [5, 5.41) is 3.36. The molecule has 1 fully saturated rings. The minimum Gasteiger partial charge on any atom is -0.463 e. The van der Waals surface area contributed by atoms with Gasteiger partial charge in [0, 0.05) is 44.1 Å². The van der Waals surface area contributed by atoms with Gasteiger partial charge in [-0.1, -0.05) is 19.0 Å². The number of esters is 2. The van der Waals surface area contributed by atoms with Gasteiger partial charge in [0.25, 0.3) is 0 Å². The van der Waals surface area contributed by atoms with Crippen LogP contribution in [0.3, 0.4) is 0 Å². The molecule has 1 rings (SSSR count). The first kappa shape index (κ1) is 32.7. The second-order valence-corrected chi connectivity index (χ2v) is 8.70. The predicted molar refractivity (Wildman–Crippen MR) is 131 cm³/mol. The highest BCUT2D eigenvalue weighted by molar-refractivity contribution is 5.79. The van der Waals surface area contributed by atoms with Gasteiger partial charge in [0.15, 0.2) is 0 Å². The Morgan fingerprint density at radius 2 is 1.38 bits per heavy atom. The first-order valence-electron chi connectivity index (χ1n) is 12.6. The Morgan fingerprint density at radius 1 is 0.811 bits per heavy atom. The van der Waals surface area contributed by atoms with E-state index in [4.69, 9.17) is 38.7 Å². The van der Waals surface area contributed by atoms with E-state index < -0.39 is 24.1 Å². The Balaban J connectivity index is 2.20. The summed E-state index contributed by atoms with van der Waals surface area (Å²) < 4.78 is 38.0. The van der Waals surface area contributed by atoms with Gasteiger partial charge < -0.3 is 33.2 Å². The van der Waals surface area contributed by atoms with E-state index >= 15 is 0 Å². The van der Waals surface area contributed by atoms with E-state index in [1.54, 1.807) is 0 Å². The number of hydrogen-bond acceptors (Lipinski definition) is 11. The summed E-state index contributed by atoms with van der Waals surface area (Å²) in [4.78, 5) is 37.9. The zero-order chi connectivity index (χ0) is 27.5. The van der Waals surface area contributed by atoms with Crippen LogP contribution in [0.5, 0.6) is 0 Å². The molecule has 0 aliphatic carbocycles. The van der Waals surface area contributed by atoms with Crippen LogP contribution in [0.1, 0.15) is 40.5 Å². The lowest BCUT2D eigenvalue weighted by Gasteiger charge is -2.43. The minimum absolute atomic E-state index is 0.00260. The van der Waals surface area contributed by atoms with E-state index in [2.05, 4.69) is 10.0 Å². The van der Waals surface area contributed by atoms with Gasteiger partial charge in [0.05, 0.1) is 59.0 Å². The number of ether oxygens (including phenoxy) is 7. The maximum absolute atomic E-state index is 12.5. The van der Waals surface area contributed by atoms with E-state index in [1.807, 2.05) is 13.8 Å². The number of ketones is 1. The van der Waals surface area contributed by atoms with Gasteiger partial charge in [-0.05, 0) is 11.4 Å². The molecule has 0 aromatic carbocycles. The van der Waals surface area contributed by atoms with Crippen molar-refractivity contribution in [2.24, 2.45) is 17.0 Å². The molecule has 37 heavy (non-hydrogen) atoms. The fraction of sp³-hybridized carbons (Fsp3) is 0.875. The van der Waals surface area contributed by atoms with Gasteiger partial charge in [0.2, 0.25) is 0 Å². The van der Waals surface area contributed by atoms with Crippen LogP contribution in [-0.4, -0.2) is 102 Å². The third-order valence-electron chi connectivity index (χ3n) is 5.87. The highest BCUT2D eigenvalue weighted by Crippen LogP contribution is 2.34. The molecule has 0 bridgehead atoms. The summed E-state index contributed by atoms with van der Waals surface area (Å²) in [7, 11) is 0. The Kier molecular flexibility index (Phi) is 17.5. The van der Waals surface area contributed by atoms with Gasteiger partial charge in [-0.25, -0.2) is 0 Å². The zero-order valence-corrected chi connectivity index (χ0v) is 22.3. The molecular weight excluding hydrogens is 490 g/mol. The van der Waals surface area contributed by atoms with Crippen LogP contribution in [0.25, 0.3) is 10.4 Å². The summed E-state index contributed by atoms with van der Waals surface area (Å²) in [5.74, 6) is -1.01. The van der Waals surface area contributed by atoms with E-state index in [9.17, 15) is 14.4 Å². The van der Waals surface area contributed by atoms with Crippen LogP contribution in [0, 0.1) is 11.8 Å². The Morgan fingerprint density at radius 3 is 1.92 bits per heavy atom. The van der Waals surface area contributed by atoms with E-state index in [1.165, 1.54) is 13.8 Å². The summed E-state index contributed by atoms with van der Waals surface area (Å²) in [6.07, 6.45) is -1.14. The number of Topliss-reactive ketones (excluding diaryl/α,β-unsaturated/α-hetero) is 1. The molecule has 212 valence electrons. The van der Waals surface area contributed by atoms with E-state index in [-0.39, 0.29) is 49.8 Å². The number of hydrogen-bond donors (Lipinski definition) is 0. The lowest BCUT2D eigenvalue weighted by molar-refractivity contribution is -0.206. The van der Waals surface area contributed by atoms with Crippen molar-refractivity contribution in [3.05, 3.63) is 10.4 Å². The van der Waals surface area contributed by atoms with E-state index in [0.717, 1.165) is 0 Å². The molecule has 1 saturated heterocycles. The van der Waals surface area contributed by atoms with Crippen molar-refractivity contribution in [1.29, 1.82) is 0 Å². The summed E-state index contributed by atoms with van der Waals surface area (Å²) >= 11 is 0. The van der Waals surface area contributed by atoms with Crippen LogP contribution < -0.4 is 0 Å². The van der Waals surface area contributed by atoms with Gasteiger partial charge in [-0.3, -0.25) is 14.4 Å². The fourth-order valence-electron chi connectivity index (χ4n) is 3.77. The summed E-state index contributed by atoms with van der Waals surface area (Å²) in [5.41, 5.74) is 8.14. The number of nitrogens with zero attached hydrogens (tertiary/aromatic N) is 3. The van der Waals surface area contributed by atoms with Crippen molar-refractivity contribution in [1.82, 2.24) is 0 Å². The second-order valence-electron chi connectivity index (χ2n) is 8.70. The highest BCUT2D eigenvalue weighted by atomic mass is 16.6. The molecule has 0 radical (unpaired) electrons. The number of rotatable bonds is 20. The average Bonchev–Trinajstić information content (AvgIpc) is 2.85. The molecule has 1 aliphatic rings. The van der Waals surface area contributed by atoms with Crippen LogP contribution in [-0.2, 0) is 47.5 Å². The van der Waals surface area contributed by atoms with Gasteiger partial charge in [0.1, 0.15) is 24.6 Å². The smallest absolute Gasteiger partial charge is 0.303 e. The molecule has 1 heterocycles. The molecule has 0 saturated carbocycles. The topological polar surface area (TPSA) is 165 Å². The molecule has 0 spiro atoms. The molecule has 5 atom stereocenters. The highest BCUT2D eigenvalue weighted by Gasteiger charge is 2.44. The quantitative estimate of drug-likeness (QED) is 0.0748. The first-order valence-corrected chi connectivity index (χ1v) is 12.6. The Labute approximate surface area is 218 Å². The van der Waals surface area contributed by atoms with Crippen molar-refractivity contribution < 1.29 is 47.5 Å². The standard InChI is InChI=1S/C24H41N3O10/c1-17-18(2)24(36-20(4)29)23(16-35-19(3)28)37-22(17)15-21(30)5-7-31-9-11-33-13-14-34-12-10-32-8-6-26-27-25/h17-18,22-24H,5-16H2,1-4H3.